The Balaban J connectivity index is 1.81. The predicted molar refractivity (Wildman–Crippen MR) is 90.6 cm³/mol. The summed E-state index contributed by atoms with van der Waals surface area (Å²) < 4.78 is 11.0. The Labute approximate surface area is 137 Å². The molecule has 23 heavy (non-hydrogen) atoms. The van der Waals surface area contributed by atoms with Gasteiger partial charge in [-0.15, -0.1) is 0 Å². The summed E-state index contributed by atoms with van der Waals surface area (Å²) >= 11 is 0. The van der Waals surface area contributed by atoms with E-state index < -0.39 is 0 Å². The molecule has 2 N–H and O–H groups in total. The zero-order chi connectivity index (χ0) is 16.3. The van der Waals surface area contributed by atoms with Crippen LogP contribution in [0.15, 0.2) is 46.1 Å². The molecule has 0 spiro atoms. The summed E-state index contributed by atoms with van der Waals surface area (Å²) in [6.45, 7) is 4.10. The molecule has 0 aliphatic heterocycles. The first-order chi connectivity index (χ1) is 11.3. The first-order valence-corrected chi connectivity index (χ1v) is 7.87. The molecule has 0 bridgehead atoms. The Morgan fingerprint density at radius 1 is 1.30 bits per heavy atom. The lowest BCUT2D eigenvalue weighted by Crippen LogP contribution is -2.37. The van der Waals surface area contributed by atoms with Crippen LogP contribution in [-0.4, -0.2) is 31.1 Å². The molecule has 2 heterocycles. The van der Waals surface area contributed by atoms with Gasteiger partial charge in [0.05, 0.1) is 12.9 Å². The number of pyridine rings is 1. The number of aliphatic imine (C=N–C) groups is 1. The van der Waals surface area contributed by atoms with Gasteiger partial charge in [-0.05, 0) is 24.6 Å². The van der Waals surface area contributed by atoms with Crippen LogP contribution < -0.4 is 15.4 Å². The molecule has 2 aromatic heterocycles. The highest BCUT2D eigenvalue weighted by Crippen LogP contribution is 2.14. The highest BCUT2D eigenvalue weighted by molar-refractivity contribution is 5.79. The van der Waals surface area contributed by atoms with E-state index in [1.54, 1.807) is 19.5 Å². The Kier molecular flexibility index (Phi) is 6.97. The Hall–Kier alpha value is -2.50. The van der Waals surface area contributed by atoms with Crippen molar-refractivity contribution >= 4 is 5.96 Å². The van der Waals surface area contributed by atoms with Crippen LogP contribution in [0.5, 0.6) is 5.88 Å². The maximum atomic E-state index is 5.66. The number of hydrogen-bond donors (Lipinski definition) is 2. The summed E-state index contributed by atoms with van der Waals surface area (Å²) in [6, 6.07) is 7.76. The third-order valence-corrected chi connectivity index (χ3v) is 3.21. The number of aromatic nitrogens is 1. The second-order valence-electron chi connectivity index (χ2n) is 5.00. The molecular weight excluding hydrogens is 292 g/mol. The van der Waals surface area contributed by atoms with E-state index in [4.69, 9.17) is 9.15 Å². The monoisotopic (exact) mass is 316 g/mol. The van der Waals surface area contributed by atoms with Gasteiger partial charge in [-0.2, -0.15) is 0 Å². The zero-order valence-corrected chi connectivity index (χ0v) is 13.7. The van der Waals surface area contributed by atoms with Gasteiger partial charge < -0.3 is 19.8 Å². The van der Waals surface area contributed by atoms with E-state index in [-0.39, 0.29) is 0 Å². The summed E-state index contributed by atoms with van der Waals surface area (Å²) in [5.74, 6) is 2.37. The Morgan fingerprint density at radius 3 is 2.96 bits per heavy atom. The molecule has 124 valence electrons. The summed E-state index contributed by atoms with van der Waals surface area (Å²) in [5, 5.41) is 6.53. The van der Waals surface area contributed by atoms with E-state index in [0.29, 0.717) is 19.0 Å². The zero-order valence-electron chi connectivity index (χ0n) is 13.7. The van der Waals surface area contributed by atoms with Crippen molar-refractivity contribution in [2.75, 3.05) is 20.2 Å². The molecule has 0 aliphatic rings. The molecule has 0 atom stereocenters. The Bertz CT molecular complexity index is 596. The van der Waals surface area contributed by atoms with Crippen LogP contribution in [0.1, 0.15) is 24.7 Å². The molecule has 0 saturated carbocycles. The van der Waals surface area contributed by atoms with Gasteiger partial charge in [-0.25, -0.2) is 4.98 Å². The average molecular weight is 316 g/mol. The quantitative estimate of drug-likeness (QED) is 0.578. The molecule has 0 radical (unpaired) electrons. The van der Waals surface area contributed by atoms with Gasteiger partial charge in [-0.3, -0.25) is 4.99 Å². The predicted octanol–water partition coefficient (Wildman–Crippen LogP) is 2.37. The van der Waals surface area contributed by atoms with Crippen LogP contribution in [0.3, 0.4) is 0 Å². The summed E-state index contributed by atoms with van der Waals surface area (Å²) in [7, 11) is 1.75. The van der Waals surface area contributed by atoms with Gasteiger partial charge in [0, 0.05) is 38.3 Å². The van der Waals surface area contributed by atoms with Crippen LogP contribution in [0.2, 0.25) is 0 Å². The van der Waals surface area contributed by atoms with Crippen LogP contribution in [0.25, 0.3) is 0 Å². The van der Waals surface area contributed by atoms with Gasteiger partial charge >= 0.3 is 0 Å². The van der Waals surface area contributed by atoms with Crippen molar-refractivity contribution in [1.29, 1.82) is 0 Å². The molecule has 6 heteroatoms. The van der Waals surface area contributed by atoms with Crippen molar-refractivity contribution in [3.05, 3.63) is 48.0 Å². The molecule has 0 unspecified atom stereocenters. The maximum Gasteiger partial charge on any atom is 0.218 e. The second kappa shape index (κ2) is 9.50. The number of nitrogens with one attached hydrogen (secondary N) is 2. The van der Waals surface area contributed by atoms with Crippen LogP contribution in [-0.2, 0) is 13.0 Å². The lowest BCUT2D eigenvalue weighted by atomic mass is 10.2. The van der Waals surface area contributed by atoms with Gasteiger partial charge in [0.15, 0.2) is 5.96 Å². The van der Waals surface area contributed by atoms with Crippen molar-refractivity contribution in [2.24, 2.45) is 4.99 Å². The molecule has 0 amide bonds. The minimum Gasteiger partial charge on any atom is -0.477 e. The fourth-order valence-corrected chi connectivity index (χ4v) is 2.05. The molecule has 0 aromatic carbocycles. The van der Waals surface area contributed by atoms with E-state index in [2.05, 4.69) is 27.5 Å². The number of hydrogen-bond acceptors (Lipinski definition) is 4. The van der Waals surface area contributed by atoms with Crippen molar-refractivity contribution in [3.8, 4) is 5.88 Å². The minimum atomic E-state index is 0.604. The fourth-order valence-electron chi connectivity index (χ4n) is 2.05. The van der Waals surface area contributed by atoms with Crippen molar-refractivity contribution < 1.29 is 9.15 Å². The van der Waals surface area contributed by atoms with E-state index >= 15 is 0 Å². The maximum absolute atomic E-state index is 5.66. The van der Waals surface area contributed by atoms with Crippen LogP contribution in [0.4, 0.5) is 0 Å². The highest BCUT2D eigenvalue weighted by atomic mass is 16.5. The molecule has 0 saturated heterocycles. The smallest absolute Gasteiger partial charge is 0.218 e. The third kappa shape index (κ3) is 5.65. The fraction of sp³-hybridized carbons (Fsp3) is 0.412. The van der Waals surface area contributed by atoms with Gasteiger partial charge in [0.2, 0.25) is 5.88 Å². The molecule has 6 nitrogen and oxygen atoms in total. The Morgan fingerprint density at radius 2 is 2.22 bits per heavy atom. The van der Waals surface area contributed by atoms with Gasteiger partial charge in [0.25, 0.3) is 0 Å². The summed E-state index contributed by atoms with van der Waals surface area (Å²) in [4.78, 5) is 8.50. The van der Waals surface area contributed by atoms with Gasteiger partial charge in [0.1, 0.15) is 5.76 Å². The van der Waals surface area contributed by atoms with Crippen molar-refractivity contribution in [2.45, 2.75) is 26.3 Å². The lowest BCUT2D eigenvalue weighted by Gasteiger charge is -2.13. The summed E-state index contributed by atoms with van der Waals surface area (Å²) in [5.41, 5.74) is 1.01. The van der Waals surface area contributed by atoms with Crippen LogP contribution in [0, 0.1) is 0 Å². The largest absolute Gasteiger partial charge is 0.477 e. The number of guanidine groups is 1. The molecule has 2 aromatic rings. The van der Waals surface area contributed by atoms with Crippen LogP contribution >= 0.6 is 0 Å². The first kappa shape index (κ1) is 16.9. The summed E-state index contributed by atoms with van der Waals surface area (Å²) in [6.07, 6.45) is 5.19. The molecule has 0 aliphatic carbocycles. The van der Waals surface area contributed by atoms with E-state index in [9.17, 15) is 0 Å². The third-order valence-electron chi connectivity index (χ3n) is 3.21. The highest BCUT2D eigenvalue weighted by Gasteiger charge is 2.06. The molecule has 2 rings (SSSR count). The van der Waals surface area contributed by atoms with Crippen molar-refractivity contribution in [1.82, 2.24) is 15.6 Å². The van der Waals surface area contributed by atoms with Crippen molar-refractivity contribution in [3.63, 3.8) is 0 Å². The normalized spacial score (nSPS) is 11.3. The lowest BCUT2D eigenvalue weighted by molar-refractivity contribution is 0.301. The number of rotatable bonds is 8. The SMILES string of the molecule is CCCOc1ncccc1CNC(=NC)NCCc1ccco1. The number of ether oxygens (including phenoxy) is 1. The van der Waals surface area contributed by atoms with E-state index in [0.717, 1.165) is 36.7 Å². The second-order valence-corrected chi connectivity index (χ2v) is 5.00. The van der Waals surface area contributed by atoms with E-state index in [1.165, 1.54) is 0 Å². The number of furan rings is 1. The topological polar surface area (TPSA) is 71.7 Å². The van der Waals surface area contributed by atoms with E-state index in [1.807, 2.05) is 24.3 Å². The van der Waals surface area contributed by atoms with Gasteiger partial charge in [-0.1, -0.05) is 13.0 Å². The first-order valence-electron chi connectivity index (χ1n) is 7.87. The average Bonchev–Trinajstić information content (AvgIpc) is 3.10. The standard InChI is InChI=1S/C17H24N4O2/c1-3-11-23-16-14(6-4-9-19-16)13-21-17(18-2)20-10-8-15-7-5-12-22-15/h4-7,9,12H,3,8,10-11,13H2,1-2H3,(H2,18,20,21). The number of nitrogens with zero attached hydrogens (tertiary/aromatic N) is 2. The minimum absolute atomic E-state index is 0.604. The molecule has 0 fully saturated rings. The molecular formula is C17H24N4O2.